The van der Waals surface area contributed by atoms with E-state index in [-0.39, 0.29) is 11.8 Å². The fourth-order valence-corrected chi connectivity index (χ4v) is 1.83. The van der Waals surface area contributed by atoms with Crippen LogP contribution in [0.4, 0.5) is 8.78 Å². The van der Waals surface area contributed by atoms with Gasteiger partial charge in [-0.15, -0.1) is 0 Å². The zero-order valence-corrected chi connectivity index (χ0v) is 11.8. The van der Waals surface area contributed by atoms with Crippen LogP contribution in [0.25, 0.3) is 0 Å². The Morgan fingerprint density at radius 2 is 2.19 bits per heavy atom. The fourth-order valence-electron chi connectivity index (χ4n) is 1.83. The van der Waals surface area contributed by atoms with Crippen LogP contribution in [0.15, 0.2) is 28.8 Å². The zero-order valence-electron chi connectivity index (χ0n) is 11.8. The average Bonchev–Trinajstić information content (AvgIpc) is 2.85. The van der Waals surface area contributed by atoms with Gasteiger partial charge in [0.05, 0.1) is 6.42 Å². The van der Waals surface area contributed by atoms with E-state index in [9.17, 15) is 8.78 Å². The molecule has 2 rings (SSSR count). The lowest BCUT2D eigenvalue weighted by Crippen LogP contribution is -2.24. The lowest BCUT2D eigenvalue weighted by molar-refractivity contribution is -0.0498. The summed E-state index contributed by atoms with van der Waals surface area (Å²) in [6, 6.07) is 6.69. The van der Waals surface area contributed by atoms with Gasteiger partial charge in [0.1, 0.15) is 5.75 Å². The third kappa shape index (κ3) is 4.78. The summed E-state index contributed by atoms with van der Waals surface area (Å²) in [5.74, 6) is 1.18. The van der Waals surface area contributed by atoms with Crippen molar-refractivity contribution in [2.24, 2.45) is 0 Å². The Morgan fingerprint density at radius 1 is 1.38 bits per heavy atom. The van der Waals surface area contributed by atoms with E-state index in [0.29, 0.717) is 24.6 Å². The van der Waals surface area contributed by atoms with Crippen molar-refractivity contribution in [2.75, 3.05) is 7.05 Å². The molecule has 5 nitrogen and oxygen atoms in total. The molecule has 1 N–H and O–H groups in total. The molecule has 2 aromatic rings. The third-order valence-electron chi connectivity index (χ3n) is 2.97. The van der Waals surface area contributed by atoms with E-state index in [1.54, 1.807) is 12.1 Å². The molecule has 1 atom stereocenters. The van der Waals surface area contributed by atoms with Gasteiger partial charge in [-0.2, -0.15) is 13.8 Å². The first-order valence-electron chi connectivity index (χ1n) is 6.59. The fraction of sp³-hybridized carbons (Fsp3) is 0.429. The summed E-state index contributed by atoms with van der Waals surface area (Å²) in [6.07, 6.45) is 1.04. The summed E-state index contributed by atoms with van der Waals surface area (Å²) in [5, 5.41) is 6.98. The highest BCUT2D eigenvalue weighted by Gasteiger charge is 2.11. The van der Waals surface area contributed by atoms with Gasteiger partial charge in [-0.05, 0) is 31.7 Å². The van der Waals surface area contributed by atoms with E-state index in [4.69, 9.17) is 4.52 Å². The van der Waals surface area contributed by atoms with Crippen molar-refractivity contribution >= 4 is 0 Å². The topological polar surface area (TPSA) is 60.2 Å². The Hall–Kier alpha value is -2.02. The molecule has 0 fully saturated rings. The number of likely N-dealkylation sites (N-methyl/N-ethyl adjacent to an activating group) is 1. The monoisotopic (exact) mass is 297 g/mol. The maximum atomic E-state index is 12.2. The van der Waals surface area contributed by atoms with E-state index in [1.807, 2.05) is 14.0 Å². The predicted octanol–water partition coefficient (Wildman–Crippen LogP) is 2.41. The van der Waals surface area contributed by atoms with Crippen LogP contribution in [0.3, 0.4) is 0 Å². The van der Waals surface area contributed by atoms with Gasteiger partial charge in [0.25, 0.3) is 0 Å². The van der Waals surface area contributed by atoms with Gasteiger partial charge in [-0.3, -0.25) is 0 Å². The van der Waals surface area contributed by atoms with E-state index in [0.717, 1.165) is 5.56 Å². The molecule has 21 heavy (non-hydrogen) atoms. The Kier molecular flexibility index (Phi) is 5.21. The molecule has 1 aromatic carbocycles. The molecule has 0 bridgehead atoms. The smallest absolute Gasteiger partial charge is 0.387 e. The highest BCUT2D eigenvalue weighted by Crippen LogP contribution is 2.18. The SMILES string of the molecule is CNC(C)Cc1noc(Cc2cccc(OC(F)F)c2)n1. The molecular formula is C14H17F2N3O2. The van der Waals surface area contributed by atoms with Crippen molar-refractivity contribution in [3.63, 3.8) is 0 Å². The Bertz CT molecular complexity index is 575. The molecule has 0 radical (unpaired) electrons. The second kappa shape index (κ2) is 7.12. The molecular weight excluding hydrogens is 280 g/mol. The number of rotatable bonds is 7. The Morgan fingerprint density at radius 3 is 2.90 bits per heavy atom. The molecule has 7 heteroatoms. The number of alkyl halides is 2. The molecule has 0 aliphatic rings. The van der Waals surface area contributed by atoms with Crippen LogP contribution in [0.5, 0.6) is 5.75 Å². The molecule has 1 unspecified atom stereocenters. The normalized spacial score (nSPS) is 12.6. The lowest BCUT2D eigenvalue weighted by atomic mass is 10.1. The number of aromatic nitrogens is 2. The standard InChI is InChI=1S/C14H17F2N3O2/c1-9(17-2)6-12-18-13(21-19-12)8-10-4-3-5-11(7-10)20-14(15)16/h3-5,7,9,14,17H,6,8H2,1-2H3. The van der Waals surface area contributed by atoms with Crippen LogP contribution in [0, 0.1) is 0 Å². The minimum atomic E-state index is -2.83. The van der Waals surface area contributed by atoms with Crippen molar-refractivity contribution in [1.29, 1.82) is 0 Å². The maximum Gasteiger partial charge on any atom is 0.387 e. The molecule has 0 saturated heterocycles. The number of hydrogen-bond acceptors (Lipinski definition) is 5. The summed E-state index contributed by atoms with van der Waals surface area (Å²) >= 11 is 0. The molecule has 0 aliphatic carbocycles. The van der Waals surface area contributed by atoms with E-state index < -0.39 is 6.61 Å². The molecule has 0 saturated carbocycles. The first-order chi connectivity index (χ1) is 10.1. The summed E-state index contributed by atoms with van der Waals surface area (Å²) in [7, 11) is 1.86. The van der Waals surface area contributed by atoms with Crippen molar-refractivity contribution < 1.29 is 18.0 Å². The molecule has 1 heterocycles. The van der Waals surface area contributed by atoms with Crippen molar-refractivity contribution in [1.82, 2.24) is 15.5 Å². The van der Waals surface area contributed by atoms with E-state index in [2.05, 4.69) is 20.2 Å². The quantitative estimate of drug-likeness (QED) is 0.850. The third-order valence-corrected chi connectivity index (χ3v) is 2.97. The van der Waals surface area contributed by atoms with Crippen LogP contribution in [-0.2, 0) is 12.8 Å². The minimum absolute atomic E-state index is 0.117. The van der Waals surface area contributed by atoms with Crippen LogP contribution in [-0.4, -0.2) is 29.8 Å². The highest BCUT2D eigenvalue weighted by atomic mass is 19.3. The van der Waals surface area contributed by atoms with Crippen LogP contribution in [0.1, 0.15) is 24.2 Å². The van der Waals surface area contributed by atoms with Crippen LogP contribution >= 0.6 is 0 Å². The van der Waals surface area contributed by atoms with Crippen LogP contribution in [0.2, 0.25) is 0 Å². The first kappa shape index (κ1) is 15.4. The van der Waals surface area contributed by atoms with Gasteiger partial charge in [0.15, 0.2) is 5.82 Å². The second-order valence-corrected chi connectivity index (χ2v) is 4.70. The van der Waals surface area contributed by atoms with Crippen LogP contribution < -0.4 is 10.1 Å². The average molecular weight is 297 g/mol. The molecule has 114 valence electrons. The maximum absolute atomic E-state index is 12.2. The second-order valence-electron chi connectivity index (χ2n) is 4.70. The van der Waals surface area contributed by atoms with E-state index in [1.165, 1.54) is 12.1 Å². The number of nitrogens with one attached hydrogen (secondary N) is 1. The number of ether oxygens (including phenoxy) is 1. The molecule has 0 amide bonds. The summed E-state index contributed by atoms with van der Waals surface area (Å²) in [4.78, 5) is 4.28. The number of halogens is 2. The van der Waals surface area contributed by atoms with Gasteiger partial charge >= 0.3 is 6.61 Å². The van der Waals surface area contributed by atoms with Gasteiger partial charge in [-0.25, -0.2) is 0 Å². The lowest BCUT2D eigenvalue weighted by Gasteiger charge is -2.05. The summed E-state index contributed by atoms with van der Waals surface area (Å²) in [6.45, 7) is -0.820. The minimum Gasteiger partial charge on any atom is -0.435 e. The van der Waals surface area contributed by atoms with Gasteiger partial charge < -0.3 is 14.6 Å². The van der Waals surface area contributed by atoms with E-state index >= 15 is 0 Å². The molecule has 1 aromatic heterocycles. The number of hydrogen-bond donors (Lipinski definition) is 1. The Labute approximate surface area is 121 Å². The summed E-state index contributed by atoms with van der Waals surface area (Å²) in [5.41, 5.74) is 0.769. The van der Waals surface area contributed by atoms with Gasteiger partial charge in [0.2, 0.25) is 5.89 Å². The van der Waals surface area contributed by atoms with Crippen molar-refractivity contribution in [3.05, 3.63) is 41.5 Å². The van der Waals surface area contributed by atoms with Gasteiger partial charge in [-0.1, -0.05) is 17.3 Å². The molecule has 0 aliphatic heterocycles. The molecule has 0 spiro atoms. The van der Waals surface area contributed by atoms with Crippen molar-refractivity contribution in [2.45, 2.75) is 32.4 Å². The number of benzene rings is 1. The van der Waals surface area contributed by atoms with Gasteiger partial charge in [0, 0.05) is 12.5 Å². The summed E-state index contributed by atoms with van der Waals surface area (Å²) < 4.78 is 33.9. The zero-order chi connectivity index (χ0) is 15.2. The predicted molar refractivity (Wildman–Crippen MR) is 72.4 cm³/mol. The number of nitrogens with zero attached hydrogens (tertiary/aromatic N) is 2. The highest BCUT2D eigenvalue weighted by molar-refractivity contribution is 5.30. The Balaban J connectivity index is 2.01. The largest absolute Gasteiger partial charge is 0.435 e. The van der Waals surface area contributed by atoms with Crippen molar-refractivity contribution in [3.8, 4) is 5.75 Å². The first-order valence-corrected chi connectivity index (χ1v) is 6.59.